The van der Waals surface area contributed by atoms with Gasteiger partial charge in [-0.3, -0.25) is 14.5 Å². The average Bonchev–Trinajstić information content (AvgIpc) is 2.55. The Kier molecular flexibility index (Phi) is 4.31. The number of benzene rings is 1. The molecule has 0 aliphatic carbocycles. The number of carbonyl (C=O) groups excluding carboxylic acids is 1. The molecule has 1 amide bonds. The van der Waals surface area contributed by atoms with Crippen LogP contribution in [0.25, 0.3) is 0 Å². The van der Waals surface area contributed by atoms with Crippen LogP contribution in [-0.4, -0.2) is 17.5 Å². The van der Waals surface area contributed by atoms with Crippen LogP contribution < -0.4 is 15.2 Å². The highest BCUT2D eigenvalue weighted by atomic mass is 32.2. The number of hydrogen-bond acceptors (Lipinski definition) is 5. The highest BCUT2D eigenvalue weighted by Gasteiger charge is 2.23. The molecule has 22 heavy (non-hydrogen) atoms. The summed E-state index contributed by atoms with van der Waals surface area (Å²) in [6.07, 6.45) is 4.18. The van der Waals surface area contributed by atoms with Gasteiger partial charge in [0.2, 0.25) is 0 Å². The van der Waals surface area contributed by atoms with Gasteiger partial charge in [-0.05, 0) is 37.1 Å². The lowest BCUT2D eigenvalue weighted by Crippen LogP contribution is -2.23. The lowest BCUT2D eigenvalue weighted by Gasteiger charge is -2.25. The number of ether oxygens (including phenoxy) is 1. The summed E-state index contributed by atoms with van der Waals surface area (Å²) in [5.74, 6) is 0.602. The van der Waals surface area contributed by atoms with Crippen molar-refractivity contribution in [3.63, 3.8) is 0 Å². The van der Waals surface area contributed by atoms with Crippen LogP contribution in [0.3, 0.4) is 0 Å². The standard InChI is InChI=1S/C16H17N3O2S/c1-10-12(2-3-13-14(17)6-9-21-15(10)13)16(20)19-22-11-4-7-18-8-5-11/h2-5,7-8,14H,6,9,17H2,1H3,(H,19,20)/t14-/m0/s1. The first-order valence-electron chi connectivity index (χ1n) is 7.06. The van der Waals surface area contributed by atoms with Gasteiger partial charge in [-0.15, -0.1) is 0 Å². The van der Waals surface area contributed by atoms with Crippen molar-refractivity contribution in [3.8, 4) is 5.75 Å². The minimum Gasteiger partial charge on any atom is -0.493 e. The predicted molar refractivity (Wildman–Crippen MR) is 85.8 cm³/mol. The number of nitrogens with one attached hydrogen (secondary N) is 1. The number of pyridine rings is 1. The highest BCUT2D eigenvalue weighted by Crippen LogP contribution is 2.35. The topological polar surface area (TPSA) is 77.2 Å². The molecule has 3 rings (SSSR count). The van der Waals surface area contributed by atoms with Crippen molar-refractivity contribution in [1.29, 1.82) is 0 Å². The fraction of sp³-hybridized carbons (Fsp3) is 0.250. The summed E-state index contributed by atoms with van der Waals surface area (Å²) in [4.78, 5) is 17.2. The van der Waals surface area contributed by atoms with Gasteiger partial charge < -0.3 is 10.5 Å². The molecule has 3 N–H and O–H groups in total. The Morgan fingerprint density at radius 1 is 1.36 bits per heavy atom. The van der Waals surface area contributed by atoms with Crippen LogP contribution in [0.1, 0.15) is 33.9 Å². The summed E-state index contributed by atoms with van der Waals surface area (Å²) < 4.78 is 8.54. The Hall–Kier alpha value is -2.05. The molecule has 1 aliphatic rings. The van der Waals surface area contributed by atoms with Gasteiger partial charge in [0.05, 0.1) is 6.61 Å². The fourth-order valence-corrected chi connectivity index (χ4v) is 3.03. The molecular weight excluding hydrogens is 298 g/mol. The Bertz CT molecular complexity index is 691. The number of hydrogen-bond donors (Lipinski definition) is 2. The zero-order chi connectivity index (χ0) is 15.5. The zero-order valence-corrected chi connectivity index (χ0v) is 13.0. The van der Waals surface area contributed by atoms with E-state index in [1.165, 1.54) is 11.9 Å². The third-order valence-electron chi connectivity index (χ3n) is 3.67. The maximum atomic E-state index is 12.4. The summed E-state index contributed by atoms with van der Waals surface area (Å²) >= 11 is 1.26. The average molecular weight is 315 g/mol. The van der Waals surface area contributed by atoms with Crippen molar-refractivity contribution in [2.45, 2.75) is 24.3 Å². The summed E-state index contributed by atoms with van der Waals surface area (Å²) in [7, 11) is 0. The molecule has 0 spiro atoms. The first kappa shape index (κ1) is 14.9. The van der Waals surface area contributed by atoms with Crippen LogP contribution in [0.2, 0.25) is 0 Å². The second-order valence-electron chi connectivity index (χ2n) is 5.12. The van der Waals surface area contributed by atoms with Gasteiger partial charge in [-0.2, -0.15) is 0 Å². The largest absolute Gasteiger partial charge is 0.493 e. The molecule has 6 heteroatoms. The highest BCUT2D eigenvalue weighted by molar-refractivity contribution is 7.98. The predicted octanol–water partition coefficient (Wildman–Crippen LogP) is 2.61. The molecule has 1 atom stereocenters. The molecule has 2 aromatic rings. The van der Waals surface area contributed by atoms with Crippen molar-refractivity contribution in [3.05, 3.63) is 53.3 Å². The quantitative estimate of drug-likeness (QED) is 0.851. The number of nitrogens with two attached hydrogens (primary N) is 1. The second kappa shape index (κ2) is 6.37. The number of carbonyl (C=O) groups is 1. The molecule has 0 saturated heterocycles. The van der Waals surface area contributed by atoms with E-state index in [4.69, 9.17) is 10.5 Å². The van der Waals surface area contributed by atoms with Crippen LogP contribution in [0.5, 0.6) is 5.75 Å². The van der Waals surface area contributed by atoms with E-state index in [9.17, 15) is 4.79 Å². The molecule has 0 radical (unpaired) electrons. The van der Waals surface area contributed by atoms with Crippen molar-refractivity contribution < 1.29 is 9.53 Å². The monoisotopic (exact) mass is 315 g/mol. The lowest BCUT2D eigenvalue weighted by atomic mass is 9.95. The third-order valence-corrected chi connectivity index (χ3v) is 4.46. The van der Waals surface area contributed by atoms with E-state index < -0.39 is 0 Å². The normalized spacial score (nSPS) is 16.5. The maximum Gasteiger partial charge on any atom is 0.261 e. The minimum atomic E-state index is -0.148. The van der Waals surface area contributed by atoms with Gasteiger partial charge in [0.25, 0.3) is 5.91 Å². The molecular formula is C16H17N3O2S. The van der Waals surface area contributed by atoms with Gasteiger partial charge in [-0.1, -0.05) is 6.07 Å². The number of nitrogens with zero attached hydrogens (tertiary/aromatic N) is 1. The van der Waals surface area contributed by atoms with Gasteiger partial charge in [0.1, 0.15) is 5.75 Å². The van der Waals surface area contributed by atoms with E-state index in [0.717, 1.165) is 28.2 Å². The molecule has 0 unspecified atom stereocenters. The Balaban J connectivity index is 1.78. The zero-order valence-electron chi connectivity index (χ0n) is 12.2. The van der Waals surface area contributed by atoms with Crippen LogP contribution in [0.4, 0.5) is 0 Å². The van der Waals surface area contributed by atoms with E-state index in [2.05, 4.69) is 9.71 Å². The smallest absolute Gasteiger partial charge is 0.261 e. The Morgan fingerprint density at radius 3 is 2.91 bits per heavy atom. The van der Waals surface area contributed by atoms with Gasteiger partial charge in [0.15, 0.2) is 0 Å². The number of rotatable bonds is 3. The molecule has 1 aromatic carbocycles. The number of aromatic nitrogens is 1. The van der Waals surface area contributed by atoms with E-state index in [1.54, 1.807) is 12.4 Å². The van der Waals surface area contributed by atoms with Crippen molar-refractivity contribution in [2.24, 2.45) is 5.73 Å². The Morgan fingerprint density at radius 2 is 2.14 bits per heavy atom. The fourth-order valence-electron chi connectivity index (χ4n) is 2.45. The van der Waals surface area contributed by atoms with E-state index in [0.29, 0.717) is 12.2 Å². The Labute approximate surface area is 133 Å². The first-order valence-corrected chi connectivity index (χ1v) is 7.87. The molecule has 0 saturated carbocycles. The van der Waals surface area contributed by atoms with Crippen LogP contribution >= 0.6 is 11.9 Å². The molecule has 0 bridgehead atoms. The van der Waals surface area contributed by atoms with Crippen molar-refractivity contribution in [2.75, 3.05) is 6.61 Å². The lowest BCUT2D eigenvalue weighted by molar-refractivity contribution is 0.0983. The van der Waals surface area contributed by atoms with Crippen LogP contribution in [0.15, 0.2) is 41.6 Å². The molecule has 2 heterocycles. The van der Waals surface area contributed by atoms with Crippen molar-refractivity contribution in [1.82, 2.24) is 9.71 Å². The SMILES string of the molecule is Cc1c(C(=O)NSc2ccncc2)ccc2c1OCC[C@@H]2N. The summed E-state index contributed by atoms with van der Waals surface area (Å²) in [6, 6.07) is 7.36. The molecule has 5 nitrogen and oxygen atoms in total. The van der Waals surface area contributed by atoms with Gasteiger partial charge in [0, 0.05) is 46.4 Å². The van der Waals surface area contributed by atoms with Crippen LogP contribution in [-0.2, 0) is 0 Å². The van der Waals surface area contributed by atoms with E-state index in [-0.39, 0.29) is 11.9 Å². The van der Waals surface area contributed by atoms with Gasteiger partial charge >= 0.3 is 0 Å². The van der Waals surface area contributed by atoms with Crippen LogP contribution in [0, 0.1) is 6.92 Å². The number of fused-ring (bicyclic) bond motifs is 1. The molecule has 1 aliphatic heterocycles. The molecule has 114 valence electrons. The summed E-state index contributed by atoms with van der Waals surface area (Å²) in [6.45, 7) is 2.48. The summed E-state index contributed by atoms with van der Waals surface area (Å²) in [5, 5.41) is 0. The summed E-state index contributed by atoms with van der Waals surface area (Å²) in [5.41, 5.74) is 8.50. The third kappa shape index (κ3) is 2.93. The van der Waals surface area contributed by atoms with E-state index in [1.807, 2.05) is 31.2 Å². The first-order chi connectivity index (χ1) is 10.7. The molecule has 1 aromatic heterocycles. The van der Waals surface area contributed by atoms with Crippen molar-refractivity contribution >= 4 is 17.9 Å². The van der Waals surface area contributed by atoms with E-state index >= 15 is 0 Å². The maximum absolute atomic E-state index is 12.4. The minimum absolute atomic E-state index is 0.0224. The van der Waals surface area contributed by atoms with Gasteiger partial charge in [-0.25, -0.2) is 0 Å². The second-order valence-corrected chi connectivity index (χ2v) is 6.00. The molecule has 0 fully saturated rings. The number of amides is 1.